The van der Waals surface area contributed by atoms with E-state index in [0.717, 1.165) is 5.56 Å². The van der Waals surface area contributed by atoms with E-state index in [0.29, 0.717) is 34.3 Å². The second-order valence-electron chi connectivity index (χ2n) is 5.59. The second-order valence-corrected chi connectivity index (χ2v) is 6.00. The molecule has 26 heavy (non-hydrogen) atoms. The van der Waals surface area contributed by atoms with Crippen LogP contribution in [-0.2, 0) is 11.2 Å². The minimum absolute atomic E-state index is 0.186. The first kappa shape index (κ1) is 17.7. The number of aryl methyl sites for hydroxylation is 1. The van der Waals surface area contributed by atoms with Crippen LogP contribution < -0.4 is 11.1 Å². The molecule has 0 spiro atoms. The molecular weight excluding hydrogens is 354 g/mol. The molecule has 3 aromatic rings. The van der Waals surface area contributed by atoms with Crippen molar-refractivity contribution in [2.45, 2.75) is 12.8 Å². The molecule has 0 saturated heterocycles. The number of rotatable bonds is 6. The predicted octanol–water partition coefficient (Wildman–Crippen LogP) is 3.67. The van der Waals surface area contributed by atoms with Crippen molar-refractivity contribution in [3.05, 3.63) is 71.2 Å². The SMILES string of the molecule is NC(=O)c1ccc(NC(=O)CCc2ncc(-c3ccccc3Cl)o2)cc1. The monoisotopic (exact) mass is 369 g/mol. The number of nitrogens with zero attached hydrogens (tertiary/aromatic N) is 1. The fourth-order valence-corrected chi connectivity index (χ4v) is 2.60. The summed E-state index contributed by atoms with van der Waals surface area (Å²) < 4.78 is 5.67. The van der Waals surface area contributed by atoms with Gasteiger partial charge in [-0.15, -0.1) is 0 Å². The van der Waals surface area contributed by atoms with Crippen molar-refractivity contribution < 1.29 is 14.0 Å². The molecule has 0 aliphatic rings. The smallest absolute Gasteiger partial charge is 0.248 e. The number of aromatic nitrogens is 1. The highest BCUT2D eigenvalue weighted by Crippen LogP contribution is 2.28. The maximum atomic E-state index is 12.0. The van der Waals surface area contributed by atoms with E-state index in [-0.39, 0.29) is 12.3 Å². The summed E-state index contributed by atoms with van der Waals surface area (Å²) in [6, 6.07) is 13.7. The molecule has 0 saturated carbocycles. The summed E-state index contributed by atoms with van der Waals surface area (Å²) in [5, 5.41) is 3.32. The van der Waals surface area contributed by atoms with Crippen molar-refractivity contribution in [2.75, 3.05) is 5.32 Å². The third-order valence-electron chi connectivity index (χ3n) is 3.71. The normalized spacial score (nSPS) is 10.5. The Bertz CT molecular complexity index is 935. The number of anilines is 1. The minimum atomic E-state index is -0.513. The summed E-state index contributed by atoms with van der Waals surface area (Å²) in [7, 11) is 0. The molecule has 132 valence electrons. The summed E-state index contributed by atoms with van der Waals surface area (Å²) in [5.74, 6) is 0.322. The van der Waals surface area contributed by atoms with E-state index in [1.54, 1.807) is 36.5 Å². The van der Waals surface area contributed by atoms with Crippen LogP contribution >= 0.6 is 11.6 Å². The maximum absolute atomic E-state index is 12.0. The highest BCUT2D eigenvalue weighted by Gasteiger charge is 2.11. The van der Waals surface area contributed by atoms with Gasteiger partial charge in [-0.3, -0.25) is 9.59 Å². The summed E-state index contributed by atoms with van der Waals surface area (Å²) in [5.41, 5.74) is 6.91. The van der Waals surface area contributed by atoms with E-state index in [4.69, 9.17) is 21.8 Å². The predicted molar refractivity (Wildman–Crippen MR) is 98.9 cm³/mol. The first-order chi connectivity index (χ1) is 12.5. The zero-order valence-electron chi connectivity index (χ0n) is 13.7. The molecular formula is C19H16ClN3O3. The molecule has 0 unspecified atom stereocenters. The van der Waals surface area contributed by atoms with Crippen molar-refractivity contribution in [2.24, 2.45) is 5.73 Å². The Labute approximate surface area is 155 Å². The fraction of sp³-hybridized carbons (Fsp3) is 0.105. The van der Waals surface area contributed by atoms with E-state index in [1.807, 2.05) is 18.2 Å². The van der Waals surface area contributed by atoms with Crippen LogP contribution in [0.15, 0.2) is 59.1 Å². The number of hydrogen-bond acceptors (Lipinski definition) is 4. The van der Waals surface area contributed by atoms with Gasteiger partial charge in [0.1, 0.15) is 0 Å². The third kappa shape index (κ3) is 4.29. The van der Waals surface area contributed by atoms with Crippen LogP contribution in [0.2, 0.25) is 5.02 Å². The van der Waals surface area contributed by atoms with Crippen molar-refractivity contribution in [3.63, 3.8) is 0 Å². The first-order valence-corrected chi connectivity index (χ1v) is 8.30. The molecule has 0 radical (unpaired) electrons. The molecule has 0 fully saturated rings. The number of nitrogens with two attached hydrogens (primary N) is 1. The minimum Gasteiger partial charge on any atom is -0.441 e. The lowest BCUT2D eigenvalue weighted by atomic mass is 10.2. The van der Waals surface area contributed by atoms with Crippen LogP contribution in [0.1, 0.15) is 22.7 Å². The van der Waals surface area contributed by atoms with Crippen LogP contribution in [-0.4, -0.2) is 16.8 Å². The zero-order chi connectivity index (χ0) is 18.5. The van der Waals surface area contributed by atoms with Gasteiger partial charge in [-0.1, -0.05) is 23.7 Å². The lowest BCUT2D eigenvalue weighted by Crippen LogP contribution is -2.13. The molecule has 0 atom stereocenters. The van der Waals surface area contributed by atoms with E-state index >= 15 is 0 Å². The van der Waals surface area contributed by atoms with Crippen molar-refractivity contribution >= 4 is 29.1 Å². The van der Waals surface area contributed by atoms with E-state index < -0.39 is 5.91 Å². The first-order valence-electron chi connectivity index (χ1n) is 7.92. The van der Waals surface area contributed by atoms with Crippen molar-refractivity contribution in [1.29, 1.82) is 0 Å². The van der Waals surface area contributed by atoms with Gasteiger partial charge in [0.15, 0.2) is 11.7 Å². The number of halogens is 1. The second kappa shape index (κ2) is 7.84. The lowest BCUT2D eigenvalue weighted by Gasteiger charge is -2.05. The van der Waals surface area contributed by atoms with Gasteiger partial charge in [-0.05, 0) is 36.4 Å². The van der Waals surface area contributed by atoms with Gasteiger partial charge in [0.2, 0.25) is 11.8 Å². The number of amides is 2. The van der Waals surface area contributed by atoms with E-state index in [2.05, 4.69) is 10.3 Å². The van der Waals surface area contributed by atoms with Gasteiger partial charge in [0, 0.05) is 29.7 Å². The van der Waals surface area contributed by atoms with Crippen LogP contribution in [0.4, 0.5) is 5.69 Å². The van der Waals surface area contributed by atoms with E-state index in [1.165, 1.54) is 0 Å². The van der Waals surface area contributed by atoms with Gasteiger partial charge in [0.05, 0.1) is 11.2 Å². The molecule has 2 amide bonds. The average Bonchev–Trinajstić information content (AvgIpc) is 3.09. The molecule has 3 N–H and O–H groups in total. The number of hydrogen-bond donors (Lipinski definition) is 2. The Morgan fingerprint density at radius 1 is 1.12 bits per heavy atom. The molecule has 3 rings (SSSR count). The van der Waals surface area contributed by atoms with Gasteiger partial charge in [-0.25, -0.2) is 4.98 Å². The summed E-state index contributed by atoms with van der Waals surface area (Å²) in [4.78, 5) is 27.3. The van der Waals surface area contributed by atoms with Gasteiger partial charge < -0.3 is 15.5 Å². The topological polar surface area (TPSA) is 98.2 Å². The number of oxazole rings is 1. The van der Waals surface area contributed by atoms with Crippen LogP contribution in [0.25, 0.3) is 11.3 Å². The Hall–Kier alpha value is -3.12. The number of carbonyl (C=O) groups excluding carboxylic acids is 2. The molecule has 1 heterocycles. The molecule has 0 aliphatic carbocycles. The summed E-state index contributed by atoms with van der Waals surface area (Å²) in [6.45, 7) is 0. The number of primary amides is 1. The Kier molecular flexibility index (Phi) is 5.34. The van der Waals surface area contributed by atoms with Crippen LogP contribution in [0.3, 0.4) is 0 Å². The molecule has 1 aromatic heterocycles. The molecule has 6 nitrogen and oxygen atoms in total. The number of carbonyl (C=O) groups is 2. The Balaban J connectivity index is 1.56. The van der Waals surface area contributed by atoms with Crippen molar-refractivity contribution in [3.8, 4) is 11.3 Å². The maximum Gasteiger partial charge on any atom is 0.248 e. The van der Waals surface area contributed by atoms with Gasteiger partial charge in [-0.2, -0.15) is 0 Å². The molecule has 7 heteroatoms. The Morgan fingerprint density at radius 2 is 1.85 bits per heavy atom. The number of nitrogens with one attached hydrogen (secondary N) is 1. The molecule has 2 aromatic carbocycles. The van der Waals surface area contributed by atoms with Crippen LogP contribution in [0.5, 0.6) is 0 Å². The standard InChI is InChI=1S/C19H16ClN3O3/c20-15-4-2-1-3-14(15)16-11-22-18(26-16)10-9-17(24)23-13-7-5-12(6-8-13)19(21)25/h1-8,11H,9-10H2,(H2,21,25)(H,23,24). The highest BCUT2D eigenvalue weighted by atomic mass is 35.5. The number of benzene rings is 2. The molecule has 0 aliphatic heterocycles. The van der Waals surface area contributed by atoms with Gasteiger partial charge >= 0.3 is 0 Å². The average molecular weight is 370 g/mol. The highest BCUT2D eigenvalue weighted by molar-refractivity contribution is 6.33. The zero-order valence-corrected chi connectivity index (χ0v) is 14.5. The summed E-state index contributed by atoms with van der Waals surface area (Å²) >= 11 is 6.14. The Morgan fingerprint density at radius 3 is 2.54 bits per heavy atom. The summed E-state index contributed by atoms with van der Waals surface area (Å²) in [6.07, 6.45) is 2.16. The fourth-order valence-electron chi connectivity index (χ4n) is 2.37. The van der Waals surface area contributed by atoms with Crippen molar-refractivity contribution in [1.82, 2.24) is 4.98 Å². The lowest BCUT2D eigenvalue weighted by molar-refractivity contribution is -0.116. The van der Waals surface area contributed by atoms with Crippen LogP contribution in [0, 0.1) is 0 Å². The molecule has 0 bridgehead atoms. The van der Waals surface area contributed by atoms with E-state index in [9.17, 15) is 9.59 Å². The van der Waals surface area contributed by atoms with Gasteiger partial charge in [0.25, 0.3) is 0 Å². The quantitative estimate of drug-likeness (QED) is 0.692. The third-order valence-corrected chi connectivity index (χ3v) is 4.04. The largest absolute Gasteiger partial charge is 0.441 e.